The summed E-state index contributed by atoms with van der Waals surface area (Å²) in [6.07, 6.45) is 3.32. The summed E-state index contributed by atoms with van der Waals surface area (Å²) in [7, 11) is 1.64. The van der Waals surface area contributed by atoms with Gasteiger partial charge in [-0.2, -0.15) is 5.48 Å². The van der Waals surface area contributed by atoms with Gasteiger partial charge in [-0.25, -0.2) is 0 Å². The first-order chi connectivity index (χ1) is 4.33. The van der Waals surface area contributed by atoms with Gasteiger partial charge in [-0.05, 0) is 19.3 Å². The summed E-state index contributed by atoms with van der Waals surface area (Å²) in [6, 6.07) is 0.877. The van der Waals surface area contributed by atoms with Crippen molar-refractivity contribution < 1.29 is 4.84 Å². The van der Waals surface area contributed by atoms with Crippen molar-refractivity contribution >= 4 is 0 Å². The summed E-state index contributed by atoms with van der Waals surface area (Å²) in [6.45, 7) is 0. The Kier molecular flexibility index (Phi) is 2.45. The molecule has 0 spiro atoms. The zero-order valence-corrected chi connectivity index (χ0v) is 5.76. The molecule has 1 fully saturated rings. The third-order valence-corrected chi connectivity index (χ3v) is 1.76. The Morgan fingerprint density at radius 1 is 1.56 bits per heavy atom. The van der Waals surface area contributed by atoms with Gasteiger partial charge < -0.3 is 10.6 Å². The van der Waals surface area contributed by atoms with Crippen LogP contribution in [0.15, 0.2) is 0 Å². The minimum Gasteiger partial charge on any atom is -0.328 e. The third-order valence-electron chi connectivity index (χ3n) is 1.76. The number of nitrogens with two attached hydrogens (primary N) is 1. The Morgan fingerprint density at radius 2 is 2.33 bits per heavy atom. The van der Waals surface area contributed by atoms with E-state index in [1.807, 2.05) is 0 Å². The van der Waals surface area contributed by atoms with Gasteiger partial charge >= 0.3 is 0 Å². The third kappa shape index (κ3) is 1.93. The van der Waals surface area contributed by atoms with E-state index in [4.69, 9.17) is 10.6 Å². The lowest BCUT2D eigenvalue weighted by Gasteiger charge is -2.08. The van der Waals surface area contributed by atoms with Crippen LogP contribution in [0, 0.1) is 0 Å². The summed E-state index contributed by atoms with van der Waals surface area (Å²) < 4.78 is 0. The molecule has 3 nitrogen and oxygen atoms in total. The molecule has 2 unspecified atom stereocenters. The van der Waals surface area contributed by atoms with Crippen molar-refractivity contribution in [3.63, 3.8) is 0 Å². The first-order valence-corrected chi connectivity index (χ1v) is 3.37. The van der Waals surface area contributed by atoms with Crippen molar-refractivity contribution in [2.24, 2.45) is 5.73 Å². The monoisotopic (exact) mass is 130 g/mol. The van der Waals surface area contributed by atoms with Gasteiger partial charge in [-0.3, -0.25) is 0 Å². The smallest absolute Gasteiger partial charge is 0.0572 e. The Balaban J connectivity index is 2.14. The fourth-order valence-corrected chi connectivity index (χ4v) is 1.29. The maximum Gasteiger partial charge on any atom is 0.0572 e. The first kappa shape index (κ1) is 6.99. The lowest BCUT2D eigenvalue weighted by molar-refractivity contribution is 0.0624. The van der Waals surface area contributed by atoms with Gasteiger partial charge in [0.2, 0.25) is 0 Å². The zero-order chi connectivity index (χ0) is 6.69. The minimum atomic E-state index is 0.387. The minimum absolute atomic E-state index is 0.387. The topological polar surface area (TPSA) is 47.3 Å². The average Bonchev–Trinajstić information content (AvgIpc) is 2.17. The normalized spacial score (nSPS) is 35.3. The Hall–Kier alpha value is -0.120. The highest BCUT2D eigenvalue weighted by Crippen LogP contribution is 2.16. The molecule has 9 heavy (non-hydrogen) atoms. The molecule has 0 radical (unpaired) electrons. The molecule has 0 amide bonds. The van der Waals surface area contributed by atoms with Crippen molar-refractivity contribution in [2.45, 2.75) is 31.3 Å². The fraction of sp³-hybridized carbons (Fsp3) is 1.00. The van der Waals surface area contributed by atoms with Gasteiger partial charge in [0.15, 0.2) is 0 Å². The Bertz CT molecular complexity index is 85.1. The van der Waals surface area contributed by atoms with E-state index in [9.17, 15) is 0 Å². The number of hydrogen-bond donors (Lipinski definition) is 2. The summed E-state index contributed by atoms with van der Waals surface area (Å²) >= 11 is 0. The van der Waals surface area contributed by atoms with Crippen LogP contribution in [-0.2, 0) is 4.84 Å². The van der Waals surface area contributed by atoms with Crippen LogP contribution >= 0.6 is 0 Å². The molecule has 1 aliphatic rings. The molecule has 0 aromatic rings. The second-order valence-electron chi connectivity index (χ2n) is 2.59. The predicted octanol–water partition coefficient (Wildman–Crippen LogP) is 0.0172. The van der Waals surface area contributed by atoms with Crippen molar-refractivity contribution in [1.29, 1.82) is 0 Å². The molecule has 0 bridgehead atoms. The van der Waals surface area contributed by atoms with Crippen molar-refractivity contribution in [3.8, 4) is 0 Å². The van der Waals surface area contributed by atoms with Crippen LogP contribution in [0.1, 0.15) is 19.3 Å². The van der Waals surface area contributed by atoms with Crippen LogP contribution in [0.2, 0.25) is 0 Å². The van der Waals surface area contributed by atoms with E-state index < -0.39 is 0 Å². The first-order valence-electron chi connectivity index (χ1n) is 3.37. The maximum atomic E-state index is 5.66. The van der Waals surface area contributed by atoms with Crippen LogP contribution < -0.4 is 11.2 Å². The molecule has 0 aromatic heterocycles. The molecule has 3 heteroatoms. The predicted molar refractivity (Wildman–Crippen MR) is 35.8 cm³/mol. The molecular weight excluding hydrogens is 116 g/mol. The van der Waals surface area contributed by atoms with E-state index in [1.54, 1.807) is 7.11 Å². The maximum absolute atomic E-state index is 5.66. The second kappa shape index (κ2) is 3.15. The summed E-state index contributed by atoms with van der Waals surface area (Å²) in [5.41, 5.74) is 8.55. The largest absolute Gasteiger partial charge is 0.328 e. The molecule has 0 saturated heterocycles. The highest BCUT2D eigenvalue weighted by atomic mass is 16.6. The van der Waals surface area contributed by atoms with Crippen LogP contribution in [0.25, 0.3) is 0 Å². The van der Waals surface area contributed by atoms with Gasteiger partial charge in [-0.15, -0.1) is 0 Å². The lowest BCUT2D eigenvalue weighted by Crippen LogP contribution is -2.27. The average molecular weight is 130 g/mol. The lowest BCUT2D eigenvalue weighted by atomic mass is 10.2. The number of hydroxylamine groups is 1. The van der Waals surface area contributed by atoms with E-state index in [2.05, 4.69) is 5.48 Å². The van der Waals surface area contributed by atoms with E-state index >= 15 is 0 Å². The summed E-state index contributed by atoms with van der Waals surface area (Å²) in [4.78, 5) is 4.77. The molecule has 0 heterocycles. The van der Waals surface area contributed by atoms with Crippen LogP contribution in [-0.4, -0.2) is 19.2 Å². The zero-order valence-electron chi connectivity index (χ0n) is 5.76. The molecule has 0 aliphatic heterocycles. The second-order valence-corrected chi connectivity index (χ2v) is 2.59. The summed E-state index contributed by atoms with van der Waals surface area (Å²) in [5.74, 6) is 0. The Labute approximate surface area is 55.5 Å². The number of hydrogen-bond acceptors (Lipinski definition) is 3. The molecule has 3 N–H and O–H groups in total. The molecule has 1 aliphatic carbocycles. The molecule has 1 saturated carbocycles. The van der Waals surface area contributed by atoms with E-state index in [0.717, 1.165) is 19.3 Å². The van der Waals surface area contributed by atoms with Gasteiger partial charge in [0.1, 0.15) is 0 Å². The fourth-order valence-electron chi connectivity index (χ4n) is 1.29. The standard InChI is InChI=1S/C6H14N2O/c1-9-8-6-3-2-5(7)4-6/h5-6,8H,2-4,7H2,1H3. The SMILES string of the molecule is CONC1CCC(N)C1. The van der Waals surface area contributed by atoms with E-state index in [1.165, 1.54) is 0 Å². The number of nitrogens with one attached hydrogen (secondary N) is 1. The van der Waals surface area contributed by atoms with Crippen molar-refractivity contribution in [3.05, 3.63) is 0 Å². The molecule has 1 rings (SSSR count). The number of rotatable bonds is 2. The van der Waals surface area contributed by atoms with E-state index in [-0.39, 0.29) is 0 Å². The van der Waals surface area contributed by atoms with Gasteiger partial charge in [0, 0.05) is 12.1 Å². The van der Waals surface area contributed by atoms with Crippen molar-refractivity contribution in [2.75, 3.05) is 7.11 Å². The van der Waals surface area contributed by atoms with Crippen LogP contribution in [0.3, 0.4) is 0 Å². The highest BCUT2D eigenvalue weighted by molar-refractivity contribution is 4.80. The summed E-state index contributed by atoms with van der Waals surface area (Å²) in [5, 5.41) is 0. The van der Waals surface area contributed by atoms with Gasteiger partial charge in [0.25, 0.3) is 0 Å². The van der Waals surface area contributed by atoms with Crippen LogP contribution in [0.5, 0.6) is 0 Å². The van der Waals surface area contributed by atoms with Crippen LogP contribution in [0.4, 0.5) is 0 Å². The molecule has 54 valence electrons. The highest BCUT2D eigenvalue weighted by Gasteiger charge is 2.20. The molecule has 0 aromatic carbocycles. The van der Waals surface area contributed by atoms with Crippen molar-refractivity contribution in [1.82, 2.24) is 5.48 Å². The molecule has 2 atom stereocenters. The van der Waals surface area contributed by atoms with E-state index in [0.29, 0.717) is 12.1 Å². The quantitative estimate of drug-likeness (QED) is 0.518. The van der Waals surface area contributed by atoms with Gasteiger partial charge in [0.05, 0.1) is 7.11 Å². The Morgan fingerprint density at radius 3 is 2.78 bits per heavy atom. The van der Waals surface area contributed by atoms with Gasteiger partial charge in [-0.1, -0.05) is 0 Å². The molecular formula is C6H14N2O.